The molecule has 4 heteroatoms. The Morgan fingerprint density at radius 3 is 2.61 bits per heavy atom. The normalized spacial score (nSPS) is 11.2. The molecule has 0 aliphatic rings. The Morgan fingerprint density at radius 2 is 2.09 bits per heavy atom. The molecule has 1 N–H and O–H groups in total. The van der Waals surface area contributed by atoms with E-state index in [0.29, 0.717) is 17.8 Å². The maximum absolute atomic E-state index is 11.1. The zero-order chi connectivity index (χ0) is 17.2. The van der Waals surface area contributed by atoms with Gasteiger partial charge in [-0.1, -0.05) is 42.5 Å². The first-order valence-corrected chi connectivity index (χ1v) is 7.36. The molecule has 120 valence electrons. The van der Waals surface area contributed by atoms with Crippen LogP contribution in [0.5, 0.6) is 0 Å². The molecule has 2 aromatic rings. The molecule has 1 aromatic carbocycles. The minimum Gasteiger partial charge on any atom is -0.377 e. The van der Waals surface area contributed by atoms with E-state index in [2.05, 4.69) is 16.9 Å². The maximum Gasteiger partial charge on any atom is 0.249 e. The standard InChI is InChI=1S/C11H10N2O2.C8H12/c1-7-9(11(15)10(7)14)13-6-8-3-2-4-12-5-8;1-4-6-8(3)7-5-2/h2-5,13H,6H2,1H3;4-7H,1H2,2-3H3/b;7-5-,8-6-. The van der Waals surface area contributed by atoms with Gasteiger partial charge in [-0.15, -0.1) is 0 Å². The van der Waals surface area contributed by atoms with Gasteiger partial charge in [-0.25, -0.2) is 0 Å². The zero-order valence-electron chi connectivity index (χ0n) is 13.8. The minimum atomic E-state index is -0.420. The van der Waals surface area contributed by atoms with Gasteiger partial charge in [0.05, 0.1) is 5.69 Å². The average Bonchev–Trinajstić information content (AvgIpc) is 2.56. The van der Waals surface area contributed by atoms with Crippen molar-refractivity contribution in [1.82, 2.24) is 4.98 Å². The van der Waals surface area contributed by atoms with Gasteiger partial charge in [0.1, 0.15) is 0 Å². The highest BCUT2D eigenvalue weighted by Gasteiger charge is 2.15. The summed E-state index contributed by atoms with van der Waals surface area (Å²) in [5.41, 5.74) is 2.36. The molecule has 2 rings (SSSR count). The van der Waals surface area contributed by atoms with Crippen molar-refractivity contribution in [3.8, 4) is 0 Å². The third-order valence-corrected chi connectivity index (χ3v) is 3.15. The summed E-state index contributed by atoms with van der Waals surface area (Å²) < 4.78 is 0. The summed E-state index contributed by atoms with van der Waals surface area (Å²) in [5.74, 6) is 0. The highest BCUT2D eigenvalue weighted by Crippen LogP contribution is 2.07. The van der Waals surface area contributed by atoms with Gasteiger partial charge in [0.25, 0.3) is 0 Å². The van der Waals surface area contributed by atoms with Crippen molar-refractivity contribution < 1.29 is 0 Å². The fourth-order valence-electron chi connectivity index (χ4n) is 1.92. The number of allylic oxidation sites excluding steroid dienone is 5. The SMILES string of the molecule is C=C/C=C(C)\C=C/C.Cc1c(NCc2cccnc2)c(=O)c1=O. The van der Waals surface area contributed by atoms with Crippen molar-refractivity contribution >= 4 is 5.69 Å². The van der Waals surface area contributed by atoms with E-state index in [1.54, 1.807) is 25.4 Å². The van der Waals surface area contributed by atoms with Crippen LogP contribution in [0, 0.1) is 6.92 Å². The molecule has 0 saturated heterocycles. The Kier molecular flexibility index (Phi) is 7.40. The van der Waals surface area contributed by atoms with E-state index in [9.17, 15) is 9.59 Å². The Bertz CT molecular complexity index is 764. The van der Waals surface area contributed by atoms with Crippen molar-refractivity contribution in [2.24, 2.45) is 0 Å². The molecule has 1 heterocycles. The van der Waals surface area contributed by atoms with E-state index >= 15 is 0 Å². The van der Waals surface area contributed by atoms with Crippen LogP contribution < -0.4 is 16.2 Å². The Balaban J connectivity index is 0.000000284. The van der Waals surface area contributed by atoms with Crippen LogP contribution in [0.4, 0.5) is 5.69 Å². The zero-order valence-corrected chi connectivity index (χ0v) is 13.8. The summed E-state index contributed by atoms with van der Waals surface area (Å²) in [6.07, 6.45) is 11.2. The Hall–Kier alpha value is -2.75. The van der Waals surface area contributed by atoms with Crippen molar-refractivity contribution in [2.75, 3.05) is 5.32 Å². The second-order valence-electron chi connectivity index (χ2n) is 5.02. The Labute approximate surface area is 136 Å². The number of nitrogens with one attached hydrogen (secondary N) is 1. The number of hydrogen-bond donors (Lipinski definition) is 1. The second kappa shape index (κ2) is 9.30. The van der Waals surface area contributed by atoms with Crippen LogP contribution in [-0.4, -0.2) is 4.98 Å². The summed E-state index contributed by atoms with van der Waals surface area (Å²) in [6, 6.07) is 3.73. The summed E-state index contributed by atoms with van der Waals surface area (Å²) in [7, 11) is 0. The van der Waals surface area contributed by atoms with E-state index in [1.165, 1.54) is 5.57 Å². The highest BCUT2D eigenvalue weighted by atomic mass is 16.2. The number of aromatic nitrogens is 1. The Morgan fingerprint density at radius 1 is 1.35 bits per heavy atom. The van der Waals surface area contributed by atoms with Gasteiger partial charge in [0.2, 0.25) is 10.9 Å². The van der Waals surface area contributed by atoms with E-state index in [1.807, 2.05) is 44.2 Å². The third kappa shape index (κ3) is 5.51. The molecule has 0 radical (unpaired) electrons. The molecular weight excluding hydrogens is 288 g/mol. The maximum atomic E-state index is 11.1. The van der Waals surface area contributed by atoms with Gasteiger partial charge in [-0.2, -0.15) is 0 Å². The molecule has 0 atom stereocenters. The molecular formula is C19H22N2O2. The molecule has 23 heavy (non-hydrogen) atoms. The molecule has 0 unspecified atom stereocenters. The lowest BCUT2D eigenvalue weighted by molar-refractivity contribution is 1.08. The molecule has 0 aliphatic carbocycles. The second-order valence-corrected chi connectivity index (χ2v) is 5.02. The molecule has 0 fully saturated rings. The van der Waals surface area contributed by atoms with Crippen molar-refractivity contribution in [2.45, 2.75) is 27.3 Å². The molecule has 0 saturated carbocycles. The number of pyridine rings is 1. The van der Waals surface area contributed by atoms with Crippen molar-refractivity contribution in [1.29, 1.82) is 0 Å². The van der Waals surface area contributed by atoms with Crippen LogP contribution in [0.3, 0.4) is 0 Å². The first-order valence-electron chi connectivity index (χ1n) is 7.36. The van der Waals surface area contributed by atoms with Crippen molar-refractivity contribution in [3.63, 3.8) is 0 Å². The summed E-state index contributed by atoms with van der Waals surface area (Å²) >= 11 is 0. The fraction of sp³-hybridized carbons (Fsp3) is 0.211. The van der Waals surface area contributed by atoms with Gasteiger partial charge in [0, 0.05) is 24.5 Å². The van der Waals surface area contributed by atoms with Gasteiger partial charge in [-0.3, -0.25) is 14.6 Å². The van der Waals surface area contributed by atoms with E-state index < -0.39 is 5.43 Å². The first kappa shape index (κ1) is 18.3. The fourth-order valence-corrected chi connectivity index (χ4v) is 1.92. The summed E-state index contributed by atoms with van der Waals surface area (Å²) in [6.45, 7) is 9.78. The van der Waals surface area contributed by atoms with E-state index in [4.69, 9.17) is 0 Å². The van der Waals surface area contributed by atoms with Crippen molar-refractivity contribution in [3.05, 3.63) is 92.6 Å². The predicted octanol–water partition coefficient (Wildman–Crippen LogP) is 3.29. The molecule has 0 bridgehead atoms. The molecule has 0 spiro atoms. The van der Waals surface area contributed by atoms with Gasteiger partial charge >= 0.3 is 0 Å². The lowest BCUT2D eigenvalue weighted by Crippen LogP contribution is -2.36. The summed E-state index contributed by atoms with van der Waals surface area (Å²) in [5, 5.41) is 2.93. The lowest BCUT2D eigenvalue weighted by Gasteiger charge is -2.09. The number of rotatable bonds is 5. The van der Waals surface area contributed by atoms with Crippen LogP contribution in [0.1, 0.15) is 25.0 Å². The van der Waals surface area contributed by atoms with Crippen LogP contribution in [-0.2, 0) is 6.54 Å². The molecule has 4 nitrogen and oxygen atoms in total. The van der Waals surface area contributed by atoms with E-state index in [-0.39, 0.29) is 5.43 Å². The smallest absolute Gasteiger partial charge is 0.249 e. The molecule has 1 aromatic heterocycles. The predicted molar refractivity (Wildman–Crippen MR) is 96.4 cm³/mol. The quantitative estimate of drug-likeness (QED) is 0.680. The number of anilines is 1. The van der Waals surface area contributed by atoms with Crippen LogP contribution in [0.2, 0.25) is 0 Å². The van der Waals surface area contributed by atoms with Gasteiger partial charge in [-0.05, 0) is 32.4 Å². The average molecular weight is 310 g/mol. The van der Waals surface area contributed by atoms with Crippen LogP contribution >= 0.6 is 0 Å². The van der Waals surface area contributed by atoms with Gasteiger partial charge in [0.15, 0.2) is 0 Å². The largest absolute Gasteiger partial charge is 0.377 e. The third-order valence-electron chi connectivity index (χ3n) is 3.15. The molecule has 0 aliphatic heterocycles. The monoisotopic (exact) mass is 310 g/mol. The first-order chi connectivity index (χ1) is 11.0. The van der Waals surface area contributed by atoms with E-state index in [0.717, 1.165) is 5.56 Å². The number of nitrogens with zero attached hydrogens (tertiary/aromatic N) is 1. The molecule has 0 amide bonds. The van der Waals surface area contributed by atoms with Crippen LogP contribution in [0.25, 0.3) is 0 Å². The minimum absolute atomic E-state index is 0.385. The van der Waals surface area contributed by atoms with Gasteiger partial charge < -0.3 is 5.32 Å². The summed E-state index contributed by atoms with van der Waals surface area (Å²) in [4.78, 5) is 26.0. The number of hydrogen-bond acceptors (Lipinski definition) is 4. The van der Waals surface area contributed by atoms with Crippen LogP contribution in [0.15, 0.2) is 70.6 Å². The topological polar surface area (TPSA) is 59.1 Å². The highest BCUT2D eigenvalue weighted by molar-refractivity contribution is 5.55. The lowest BCUT2D eigenvalue weighted by atomic mass is 10.1.